The summed E-state index contributed by atoms with van der Waals surface area (Å²) in [6.07, 6.45) is 1.59. The van der Waals surface area contributed by atoms with Crippen molar-refractivity contribution in [2.45, 2.75) is 0 Å². The molecule has 27 heavy (non-hydrogen) atoms. The normalized spacial score (nSPS) is 15.1. The van der Waals surface area contributed by atoms with E-state index in [2.05, 4.69) is 25.1 Å². The first-order valence-corrected chi connectivity index (χ1v) is 8.92. The Morgan fingerprint density at radius 3 is 2.56 bits per heavy atom. The van der Waals surface area contributed by atoms with Gasteiger partial charge in [-0.25, -0.2) is 14.4 Å². The van der Waals surface area contributed by atoms with Crippen LogP contribution in [0.3, 0.4) is 0 Å². The Kier molecular flexibility index (Phi) is 4.93. The lowest BCUT2D eigenvalue weighted by Crippen LogP contribution is -2.49. The van der Waals surface area contributed by atoms with Crippen molar-refractivity contribution < 1.29 is 9.18 Å². The number of anilines is 2. The largest absolute Gasteiger partial charge is 0.353 e. The SMILES string of the molecule is O=C(CN1CCN(c2ncnc3ccccc23)CC1)Nc1ccccc1F. The highest BCUT2D eigenvalue weighted by molar-refractivity contribution is 5.92. The molecule has 3 aromatic rings. The number of para-hydroxylation sites is 2. The molecule has 0 aliphatic carbocycles. The number of hydrogen-bond acceptors (Lipinski definition) is 5. The minimum absolute atomic E-state index is 0.207. The first-order valence-electron chi connectivity index (χ1n) is 8.92. The fourth-order valence-electron chi connectivity index (χ4n) is 3.32. The second-order valence-corrected chi connectivity index (χ2v) is 6.51. The molecule has 1 amide bonds. The van der Waals surface area contributed by atoms with Gasteiger partial charge >= 0.3 is 0 Å². The van der Waals surface area contributed by atoms with E-state index >= 15 is 0 Å². The van der Waals surface area contributed by atoms with Crippen LogP contribution < -0.4 is 10.2 Å². The first kappa shape index (κ1) is 17.4. The van der Waals surface area contributed by atoms with Crippen molar-refractivity contribution in [2.24, 2.45) is 0 Å². The van der Waals surface area contributed by atoms with Gasteiger partial charge in [0.05, 0.1) is 17.7 Å². The first-order chi connectivity index (χ1) is 13.2. The summed E-state index contributed by atoms with van der Waals surface area (Å²) < 4.78 is 13.6. The molecule has 1 fully saturated rings. The molecule has 1 aliphatic rings. The molecule has 0 radical (unpaired) electrons. The predicted octanol–water partition coefficient (Wildman–Crippen LogP) is 2.53. The highest BCUT2D eigenvalue weighted by atomic mass is 19.1. The maximum atomic E-state index is 13.6. The molecule has 0 saturated carbocycles. The van der Waals surface area contributed by atoms with Gasteiger partial charge < -0.3 is 10.2 Å². The Balaban J connectivity index is 1.36. The van der Waals surface area contributed by atoms with E-state index in [4.69, 9.17) is 0 Å². The minimum Gasteiger partial charge on any atom is -0.353 e. The third-order valence-corrected chi connectivity index (χ3v) is 4.71. The summed E-state index contributed by atoms with van der Waals surface area (Å²) in [5.41, 5.74) is 1.14. The smallest absolute Gasteiger partial charge is 0.238 e. The molecule has 2 aromatic carbocycles. The van der Waals surface area contributed by atoms with Crippen LogP contribution in [-0.2, 0) is 4.79 Å². The van der Waals surface area contributed by atoms with Gasteiger partial charge in [0.15, 0.2) is 0 Å². The van der Waals surface area contributed by atoms with Crippen molar-refractivity contribution in [1.29, 1.82) is 0 Å². The number of piperazine rings is 1. The Morgan fingerprint density at radius 1 is 1.00 bits per heavy atom. The molecule has 1 aliphatic heterocycles. The third-order valence-electron chi connectivity index (χ3n) is 4.71. The van der Waals surface area contributed by atoms with Crippen LogP contribution in [0.2, 0.25) is 0 Å². The molecule has 1 saturated heterocycles. The van der Waals surface area contributed by atoms with Gasteiger partial charge in [-0.3, -0.25) is 9.69 Å². The summed E-state index contributed by atoms with van der Waals surface area (Å²) >= 11 is 0. The average Bonchev–Trinajstić information content (AvgIpc) is 2.70. The second-order valence-electron chi connectivity index (χ2n) is 6.51. The quantitative estimate of drug-likeness (QED) is 0.770. The molecule has 1 aromatic heterocycles. The van der Waals surface area contributed by atoms with E-state index in [9.17, 15) is 9.18 Å². The maximum Gasteiger partial charge on any atom is 0.238 e. The van der Waals surface area contributed by atoms with Crippen LogP contribution in [0.1, 0.15) is 0 Å². The van der Waals surface area contributed by atoms with E-state index in [0.717, 1.165) is 42.9 Å². The average molecular weight is 365 g/mol. The Bertz CT molecular complexity index is 951. The zero-order valence-corrected chi connectivity index (χ0v) is 14.8. The van der Waals surface area contributed by atoms with Crippen LogP contribution in [0.4, 0.5) is 15.9 Å². The van der Waals surface area contributed by atoms with E-state index < -0.39 is 5.82 Å². The zero-order chi connectivity index (χ0) is 18.6. The van der Waals surface area contributed by atoms with Gasteiger partial charge in [0.2, 0.25) is 5.91 Å². The number of carbonyl (C=O) groups is 1. The predicted molar refractivity (Wildman–Crippen MR) is 103 cm³/mol. The van der Waals surface area contributed by atoms with Crippen LogP contribution in [0.5, 0.6) is 0 Å². The van der Waals surface area contributed by atoms with Crippen molar-refractivity contribution in [2.75, 3.05) is 42.9 Å². The second kappa shape index (κ2) is 7.67. The molecular formula is C20H20FN5O. The molecule has 4 rings (SSSR count). The third kappa shape index (κ3) is 3.88. The molecule has 6 nitrogen and oxygen atoms in total. The molecule has 0 atom stereocenters. The summed E-state index contributed by atoms with van der Waals surface area (Å²) in [5.74, 6) is 0.295. The number of fused-ring (bicyclic) bond motifs is 1. The highest BCUT2D eigenvalue weighted by Gasteiger charge is 2.21. The van der Waals surface area contributed by atoms with Gasteiger partial charge in [-0.2, -0.15) is 0 Å². The van der Waals surface area contributed by atoms with Crippen molar-refractivity contribution in [3.8, 4) is 0 Å². The summed E-state index contributed by atoms with van der Waals surface area (Å²) in [6, 6.07) is 14.1. The Hall–Kier alpha value is -3.06. The van der Waals surface area contributed by atoms with Gasteiger partial charge in [-0.05, 0) is 24.3 Å². The van der Waals surface area contributed by atoms with Crippen molar-refractivity contribution in [3.63, 3.8) is 0 Å². The molecule has 7 heteroatoms. The van der Waals surface area contributed by atoms with Crippen LogP contribution >= 0.6 is 0 Å². The van der Waals surface area contributed by atoms with E-state index in [0.29, 0.717) is 0 Å². The van der Waals surface area contributed by atoms with Crippen LogP contribution in [0.15, 0.2) is 54.9 Å². The van der Waals surface area contributed by atoms with Crippen molar-refractivity contribution >= 4 is 28.3 Å². The van der Waals surface area contributed by atoms with E-state index in [1.54, 1.807) is 24.5 Å². The number of carbonyl (C=O) groups excluding carboxylic acids is 1. The molecule has 138 valence electrons. The lowest BCUT2D eigenvalue weighted by Gasteiger charge is -2.35. The molecule has 1 N–H and O–H groups in total. The molecular weight excluding hydrogens is 345 g/mol. The number of aromatic nitrogens is 2. The molecule has 0 unspecified atom stereocenters. The van der Waals surface area contributed by atoms with Gasteiger partial charge in [-0.1, -0.05) is 24.3 Å². The molecule has 0 spiro atoms. The van der Waals surface area contributed by atoms with Crippen molar-refractivity contribution in [3.05, 3.63) is 60.7 Å². The number of amides is 1. The minimum atomic E-state index is -0.425. The zero-order valence-electron chi connectivity index (χ0n) is 14.8. The van der Waals surface area contributed by atoms with Gasteiger partial charge in [0.25, 0.3) is 0 Å². The van der Waals surface area contributed by atoms with E-state index in [-0.39, 0.29) is 18.1 Å². The van der Waals surface area contributed by atoms with E-state index in [1.165, 1.54) is 6.07 Å². The number of benzene rings is 2. The number of rotatable bonds is 4. The van der Waals surface area contributed by atoms with Gasteiger partial charge in [0.1, 0.15) is 18.0 Å². The summed E-state index contributed by atoms with van der Waals surface area (Å²) in [4.78, 5) is 25.3. The maximum absolute atomic E-state index is 13.6. The standard InChI is InChI=1S/C20H20FN5O/c21-16-6-2-4-8-18(16)24-19(27)13-25-9-11-26(12-10-25)20-15-5-1-3-7-17(15)22-14-23-20/h1-8,14H,9-13H2,(H,24,27). The Morgan fingerprint density at radius 2 is 1.74 bits per heavy atom. The van der Waals surface area contributed by atoms with Gasteiger partial charge in [-0.15, -0.1) is 0 Å². The Labute approximate surface area is 156 Å². The summed E-state index contributed by atoms with van der Waals surface area (Å²) in [5, 5.41) is 3.67. The summed E-state index contributed by atoms with van der Waals surface area (Å²) in [6.45, 7) is 3.26. The van der Waals surface area contributed by atoms with Crippen molar-refractivity contribution in [1.82, 2.24) is 14.9 Å². The van der Waals surface area contributed by atoms with Crippen LogP contribution in [0.25, 0.3) is 10.9 Å². The van der Waals surface area contributed by atoms with E-state index in [1.807, 2.05) is 24.3 Å². The number of nitrogens with zero attached hydrogens (tertiary/aromatic N) is 4. The lowest BCUT2D eigenvalue weighted by molar-refractivity contribution is -0.117. The summed E-state index contributed by atoms with van der Waals surface area (Å²) in [7, 11) is 0. The van der Waals surface area contributed by atoms with Crippen LogP contribution in [0, 0.1) is 5.82 Å². The van der Waals surface area contributed by atoms with Crippen LogP contribution in [-0.4, -0.2) is 53.5 Å². The molecule has 0 bridgehead atoms. The monoisotopic (exact) mass is 365 g/mol. The molecule has 2 heterocycles. The fourth-order valence-corrected chi connectivity index (χ4v) is 3.32. The number of hydrogen-bond donors (Lipinski definition) is 1. The topological polar surface area (TPSA) is 61.4 Å². The fraction of sp³-hybridized carbons (Fsp3) is 0.250. The number of nitrogens with one attached hydrogen (secondary N) is 1. The van der Waals surface area contributed by atoms with Gasteiger partial charge in [0, 0.05) is 31.6 Å². The number of halogens is 1. The highest BCUT2D eigenvalue weighted by Crippen LogP contribution is 2.23. The lowest BCUT2D eigenvalue weighted by atomic mass is 10.2.